The fourth-order valence-corrected chi connectivity index (χ4v) is 0.994. The van der Waals surface area contributed by atoms with Crippen LogP contribution in [0.15, 0.2) is 6.33 Å². The van der Waals surface area contributed by atoms with Crippen LogP contribution < -0.4 is 0 Å². The molecule has 0 saturated carbocycles. The van der Waals surface area contributed by atoms with E-state index >= 15 is 0 Å². The Kier molecular flexibility index (Phi) is 1.01. The van der Waals surface area contributed by atoms with Crippen LogP contribution in [0.3, 0.4) is 0 Å². The number of nitrogens with zero attached hydrogens (tertiary/aromatic N) is 3. The van der Waals surface area contributed by atoms with E-state index in [1.807, 2.05) is 4.68 Å². The van der Waals surface area contributed by atoms with Crippen molar-refractivity contribution in [1.82, 2.24) is 14.8 Å². The van der Waals surface area contributed by atoms with Crippen LogP contribution in [0.5, 0.6) is 0 Å². The van der Waals surface area contributed by atoms with Crippen LogP contribution >= 0.6 is 0 Å². The molecule has 0 saturated heterocycles. The first kappa shape index (κ1) is 4.97. The van der Waals surface area contributed by atoms with Crippen molar-refractivity contribution in [1.29, 1.82) is 0 Å². The molecule has 1 aromatic heterocycles. The number of aromatic nitrogens is 3. The molecule has 0 fully saturated rings. The van der Waals surface area contributed by atoms with Gasteiger partial charge in [-0.1, -0.05) is 0 Å². The van der Waals surface area contributed by atoms with Gasteiger partial charge in [0, 0.05) is 6.54 Å². The highest BCUT2D eigenvalue weighted by molar-refractivity contribution is 5.01. The van der Waals surface area contributed by atoms with Crippen LogP contribution in [0.4, 0.5) is 0 Å². The van der Waals surface area contributed by atoms with E-state index in [9.17, 15) is 0 Å². The van der Waals surface area contributed by atoms with Gasteiger partial charge >= 0.3 is 0 Å². The number of hydrogen-bond donors (Lipinski definition) is 0. The van der Waals surface area contributed by atoms with Gasteiger partial charge in [0.2, 0.25) is 0 Å². The van der Waals surface area contributed by atoms with E-state index in [0.29, 0.717) is 0 Å². The maximum absolute atomic E-state index is 4.00. The summed E-state index contributed by atoms with van der Waals surface area (Å²) in [5.74, 6) is 0.904. The van der Waals surface area contributed by atoms with Crippen LogP contribution in [0.1, 0.15) is 18.7 Å². The highest BCUT2D eigenvalue weighted by atomic mass is 15.3. The Hall–Kier alpha value is -0.860. The van der Waals surface area contributed by atoms with Gasteiger partial charge in [-0.15, -0.1) is 0 Å². The second-order valence-electron chi connectivity index (χ2n) is 2.09. The first-order valence-electron chi connectivity index (χ1n) is 3.08. The Balaban J connectivity index is 2.39. The molecular weight excluding hydrogens is 114 g/mol. The number of fused-ring (bicyclic) bond motifs is 1. The quantitative estimate of drug-likeness (QED) is 0.500. The Morgan fingerprint density at radius 3 is 3.56 bits per heavy atom. The molecule has 2 heterocycles. The molecule has 2 radical (unpaired) electrons. The van der Waals surface area contributed by atoms with Crippen molar-refractivity contribution in [2.45, 2.75) is 19.4 Å². The van der Waals surface area contributed by atoms with Crippen molar-refractivity contribution in [2.75, 3.05) is 0 Å². The molecule has 1 aromatic rings. The standard InChI is InChI=1S/C6H7N3/c1-2-4-9-6(3-1)7-5-8-9/h5H,1-2,4H2. The summed E-state index contributed by atoms with van der Waals surface area (Å²) in [6.45, 7) is 1.00. The molecule has 0 N–H and O–H groups in total. The van der Waals surface area contributed by atoms with Gasteiger partial charge in [0.05, 0.1) is 6.42 Å². The minimum absolute atomic E-state index is 0.904. The van der Waals surface area contributed by atoms with Crippen LogP contribution in [-0.4, -0.2) is 14.8 Å². The van der Waals surface area contributed by atoms with Crippen molar-refractivity contribution in [3.63, 3.8) is 0 Å². The molecule has 9 heavy (non-hydrogen) atoms. The maximum atomic E-state index is 4.00. The molecule has 1 aliphatic heterocycles. The molecule has 3 heteroatoms. The second kappa shape index (κ2) is 1.83. The third-order valence-electron chi connectivity index (χ3n) is 1.45. The van der Waals surface area contributed by atoms with Crippen molar-refractivity contribution in [3.8, 4) is 0 Å². The monoisotopic (exact) mass is 121 g/mol. The van der Waals surface area contributed by atoms with Gasteiger partial charge in [-0.05, 0) is 12.8 Å². The molecule has 0 spiro atoms. The largest absolute Gasteiger partial charge is 0.249 e. The van der Waals surface area contributed by atoms with E-state index in [-0.39, 0.29) is 0 Å². The summed E-state index contributed by atoms with van der Waals surface area (Å²) in [6.07, 6.45) is 6.88. The van der Waals surface area contributed by atoms with Crippen molar-refractivity contribution in [2.24, 2.45) is 0 Å². The molecule has 2 rings (SSSR count). The van der Waals surface area contributed by atoms with E-state index in [4.69, 9.17) is 0 Å². The highest BCUT2D eigenvalue weighted by Gasteiger charge is 2.09. The van der Waals surface area contributed by atoms with Crippen molar-refractivity contribution in [3.05, 3.63) is 18.6 Å². The van der Waals surface area contributed by atoms with Gasteiger partial charge in [0.25, 0.3) is 0 Å². The van der Waals surface area contributed by atoms with Crippen LogP contribution in [0, 0.1) is 6.42 Å². The molecule has 46 valence electrons. The predicted octanol–water partition coefficient (Wildman–Crippen LogP) is 0.501. The molecular formula is C6H7N3. The summed E-state index contributed by atoms with van der Waals surface area (Å²) in [7, 11) is 0. The number of aryl methyl sites for hydroxylation is 1. The molecule has 3 nitrogen and oxygen atoms in total. The van der Waals surface area contributed by atoms with Crippen LogP contribution in [0.2, 0.25) is 0 Å². The first-order valence-corrected chi connectivity index (χ1v) is 3.08. The molecule has 0 bridgehead atoms. The van der Waals surface area contributed by atoms with Gasteiger partial charge < -0.3 is 0 Å². The Morgan fingerprint density at radius 2 is 2.67 bits per heavy atom. The van der Waals surface area contributed by atoms with Crippen molar-refractivity contribution >= 4 is 0 Å². The van der Waals surface area contributed by atoms with Gasteiger partial charge in [-0.25, -0.2) is 9.67 Å². The minimum Gasteiger partial charge on any atom is -0.249 e. The molecule has 0 amide bonds. The Morgan fingerprint density at radius 1 is 1.67 bits per heavy atom. The van der Waals surface area contributed by atoms with Gasteiger partial charge in [0.1, 0.15) is 12.2 Å². The maximum Gasteiger partial charge on any atom is 0.138 e. The average molecular weight is 121 g/mol. The Bertz CT molecular complexity index is 183. The van der Waals surface area contributed by atoms with E-state index < -0.39 is 0 Å². The van der Waals surface area contributed by atoms with E-state index in [1.165, 1.54) is 0 Å². The summed E-state index contributed by atoms with van der Waals surface area (Å²) in [6, 6.07) is 0. The zero-order valence-electron chi connectivity index (χ0n) is 5.04. The van der Waals surface area contributed by atoms with Gasteiger partial charge in [-0.3, -0.25) is 0 Å². The molecule has 0 atom stereocenters. The van der Waals surface area contributed by atoms with E-state index in [1.54, 1.807) is 6.33 Å². The topological polar surface area (TPSA) is 30.7 Å². The third kappa shape index (κ3) is 0.724. The summed E-state index contributed by atoms with van der Waals surface area (Å²) in [4.78, 5) is 4.00. The fourth-order valence-electron chi connectivity index (χ4n) is 0.994. The van der Waals surface area contributed by atoms with Gasteiger partial charge in [-0.2, -0.15) is 5.10 Å². The molecule has 1 aliphatic rings. The summed E-state index contributed by atoms with van der Waals surface area (Å²) in [5.41, 5.74) is 0. The van der Waals surface area contributed by atoms with Gasteiger partial charge in [0.15, 0.2) is 0 Å². The smallest absolute Gasteiger partial charge is 0.138 e. The average Bonchev–Trinajstić information content (AvgIpc) is 2.33. The summed E-state index contributed by atoms with van der Waals surface area (Å²) >= 11 is 0. The predicted molar refractivity (Wildman–Crippen MR) is 31.6 cm³/mol. The molecule has 0 aliphatic carbocycles. The summed E-state index contributed by atoms with van der Waals surface area (Å²) < 4.78 is 1.88. The molecule has 0 unspecified atom stereocenters. The minimum atomic E-state index is 0.904. The highest BCUT2D eigenvalue weighted by Crippen LogP contribution is 2.11. The normalized spacial score (nSPS) is 17.3. The lowest BCUT2D eigenvalue weighted by molar-refractivity contribution is 0.526. The second-order valence-corrected chi connectivity index (χ2v) is 2.09. The lowest BCUT2D eigenvalue weighted by Crippen LogP contribution is -2.09. The SMILES string of the molecule is [C]1CCCn2ncnc21. The summed E-state index contributed by atoms with van der Waals surface area (Å²) in [5, 5.41) is 4.00. The third-order valence-corrected chi connectivity index (χ3v) is 1.45. The van der Waals surface area contributed by atoms with Crippen molar-refractivity contribution < 1.29 is 0 Å². The number of hydrogen-bond acceptors (Lipinski definition) is 2. The van der Waals surface area contributed by atoms with E-state index in [2.05, 4.69) is 16.5 Å². The fraction of sp³-hybridized carbons (Fsp3) is 0.500. The van der Waals surface area contributed by atoms with Crippen LogP contribution in [-0.2, 0) is 6.54 Å². The lowest BCUT2D eigenvalue weighted by Gasteiger charge is -2.09. The number of rotatable bonds is 0. The Labute approximate surface area is 53.7 Å². The van der Waals surface area contributed by atoms with Crippen LogP contribution in [0.25, 0.3) is 0 Å². The first-order chi connectivity index (χ1) is 4.47. The molecule has 0 aromatic carbocycles. The zero-order chi connectivity index (χ0) is 6.10. The van der Waals surface area contributed by atoms with E-state index in [0.717, 1.165) is 25.2 Å². The lowest BCUT2D eigenvalue weighted by atomic mass is 10.2. The zero-order valence-corrected chi connectivity index (χ0v) is 5.04.